The first-order chi connectivity index (χ1) is 17.0. The summed E-state index contributed by atoms with van der Waals surface area (Å²) >= 11 is 0. The lowest BCUT2D eigenvalue weighted by Gasteiger charge is -2.48. The summed E-state index contributed by atoms with van der Waals surface area (Å²) in [5, 5.41) is 0. The van der Waals surface area contributed by atoms with Gasteiger partial charge in [0, 0.05) is 5.69 Å². The Bertz CT molecular complexity index is 1230. The minimum Gasteiger partial charge on any atom is -0.497 e. The van der Waals surface area contributed by atoms with E-state index in [1.165, 1.54) is 14.2 Å². The molecule has 180 valence electrons. The number of hydrogen-bond donors (Lipinski definition) is 0. The van der Waals surface area contributed by atoms with E-state index in [9.17, 15) is 14.4 Å². The number of β-lactam (4-membered cyclic amide) rings is 1. The number of para-hydroxylation sites is 1. The number of carbonyl (C=O) groups is 3. The average molecular weight is 477 g/mol. The fourth-order valence-electron chi connectivity index (χ4n) is 4.70. The number of fused-ring (bicyclic) bond motifs is 2. The number of anilines is 1. The van der Waals surface area contributed by atoms with Crippen molar-refractivity contribution in [3.8, 4) is 11.5 Å². The van der Waals surface area contributed by atoms with Crippen LogP contribution in [0.3, 0.4) is 0 Å². The Morgan fingerprint density at radius 2 is 1.51 bits per heavy atom. The second kappa shape index (κ2) is 8.92. The van der Waals surface area contributed by atoms with Gasteiger partial charge in [0.15, 0.2) is 0 Å². The van der Waals surface area contributed by atoms with Crippen LogP contribution in [0.4, 0.5) is 5.69 Å². The number of carbonyl (C=O) groups excluding carboxylic acids is 3. The molecule has 5 rings (SSSR count). The predicted octanol–water partition coefficient (Wildman–Crippen LogP) is 2.21. The third-order valence-corrected chi connectivity index (χ3v) is 6.32. The second-order valence-electron chi connectivity index (χ2n) is 8.12. The van der Waals surface area contributed by atoms with Gasteiger partial charge in [0.25, 0.3) is 5.91 Å². The van der Waals surface area contributed by atoms with Crippen LogP contribution < -0.4 is 14.4 Å². The highest BCUT2D eigenvalue weighted by Gasteiger charge is 2.58. The Hall–Kier alpha value is -4.11. The van der Waals surface area contributed by atoms with E-state index in [1.807, 2.05) is 18.2 Å². The topological polar surface area (TPSA) is 101 Å². The lowest BCUT2D eigenvalue weighted by molar-refractivity contribution is -0.139. The second-order valence-corrected chi connectivity index (χ2v) is 8.12. The lowest BCUT2D eigenvalue weighted by atomic mass is 9.81. The third kappa shape index (κ3) is 3.64. The molecule has 0 N–H and O–H groups in total. The fraction of sp³-hybridized carbons (Fsp3) is 0.269. The SMILES string of the molecule is COC(=O)C1=C(C(=O)OC)[C@@H]2C=C([C@@H]3[C@H](Oc4ccccc4)C(=O)N3c3ccc(OC)cc3)[C@H]1O2. The molecule has 0 aromatic heterocycles. The predicted molar refractivity (Wildman–Crippen MR) is 123 cm³/mol. The van der Waals surface area contributed by atoms with Crippen molar-refractivity contribution < 1.29 is 38.1 Å². The number of methoxy groups -OCH3 is 3. The molecule has 4 atom stereocenters. The highest BCUT2D eigenvalue weighted by molar-refractivity contribution is 6.08. The molecule has 0 unspecified atom stereocenters. The zero-order valence-corrected chi connectivity index (χ0v) is 19.3. The molecule has 2 bridgehead atoms. The molecule has 9 heteroatoms. The highest BCUT2D eigenvalue weighted by Crippen LogP contribution is 2.46. The quantitative estimate of drug-likeness (QED) is 0.340. The van der Waals surface area contributed by atoms with Crippen molar-refractivity contribution in [1.29, 1.82) is 0 Å². The van der Waals surface area contributed by atoms with Gasteiger partial charge in [-0.1, -0.05) is 18.2 Å². The summed E-state index contributed by atoms with van der Waals surface area (Å²) in [7, 11) is 4.03. The van der Waals surface area contributed by atoms with E-state index < -0.39 is 36.3 Å². The van der Waals surface area contributed by atoms with Crippen LogP contribution in [0.5, 0.6) is 11.5 Å². The lowest BCUT2D eigenvalue weighted by Crippen LogP contribution is -2.69. The zero-order valence-electron chi connectivity index (χ0n) is 19.3. The molecule has 35 heavy (non-hydrogen) atoms. The first-order valence-corrected chi connectivity index (χ1v) is 10.9. The van der Waals surface area contributed by atoms with Crippen LogP contribution in [-0.2, 0) is 28.6 Å². The van der Waals surface area contributed by atoms with E-state index in [1.54, 1.807) is 54.5 Å². The molecule has 0 spiro atoms. The Kier molecular flexibility index (Phi) is 5.78. The highest BCUT2D eigenvalue weighted by atomic mass is 16.5. The van der Waals surface area contributed by atoms with Crippen LogP contribution in [0.15, 0.2) is 77.4 Å². The number of ether oxygens (including phenoxy) is 5. The molecule has 2 aromatic rings. The molecular weight excluding hydrogens is 454 g/mol. The molecule has 1 saturated heterocycles. The normalized spacial score (nSPS) is 24.6. The van der Waals surface area contributed by atoms with Gasteiger partial charge in [-0.15, -0.1) is 0 Å². The zero-order chi connectivity index (χ0) is 24.7. The van der Waals surface area contributed by atoms with Crippen molar-refractivity contribution in [3.63, 3.8) is 0 Å². The van der Waals surface area contributed by atoms with Gasteiger partial charge in [0.05, 0.1) is 32.5 Å². The van der Waals surface area contributed by atoms with Crippen LogP contribution >= 0.6 is 0 Å². The van der Waals surface area contributed by atoms with Crippen molar-refractivity contribution in [2.45, 2.75) is 24.4 Å². The summed E-state index contributed by atoms with van der Waals surface area (Å²) in [6.45, 7) is 0. The average Bonchev–Trinajstić information content (AvgIpc) is 3.48. The van der Waals surface area contributed by atoms with E-state index in [0.29, 0.717) is 22.8 Å². The van der Waals surface area contributed by atoms with E-state index in [0.717, 1.165) is 0 Å². The number of amides is 1. The molecule has 0 radical (unpaired) electrons. The Balaban J connectivity index is 1.53. The Labute approximate surface area is 201 Å². The summed E-state index contributed by atoms with van der Waals surface area (Å²) < 4.78 is 27.1. The summed E-state index contributed by atoms with van der Waals surface area (Å²) in [6, 6.07) is 15.5. The maximum atomic E-state index is 13.3. The van der Waals surface area contributed by atoms with Crippen LogP contribution in [0.2, 0.25) is 0 Å². The Morgan fingerprint density at radius 1 is 0.857 bits per heavy atom. The smallest absolute Gasteiger partial charge is 0.337 e. The van der Waals surface area contributed by atoms with Gasteiger partial charge in [-0.3, -0.25) is 9.69 Å². The van der Waals surface area contributed by atoms with Crippen LogP contribution in [-0.4, -0.2) is 63.5 Å². The van der Waals surface area contributed by atoms with Crippen molar-refractivity contribution in [1.82, 2.24) is 0 Å². The molecule has 1 amide bonds. The van der Waals surface area contributed by atoms with E-state index in [2.05, 4.69) is 0 Å². The summed E-state index contributed by atoms with van der Waals surface area (Å²) in [5.41, 5.74) is 1.46. The van der Waals surface area contributed by atoms with Crippen molar-refractivity contribution in [2.24, 2.45) is 0 Å². The number of rotatable bonds is 7. The first-order valence-electron chi connectivity index (χ1n) is 10.9. The molecule has 3 aliphatic heterocycles. The number of benzene rings is 2. The number of hydrogen-bond acceptors (Lipinski definition) is 8. The van der Waals surface area contributed by atoms with Crippen molar-refractivity contribution >= 4 is 23.5 Å². The van der Waals surface area contributed by atoms with Crippen LogP contribution in [0, 0.1) is 0 Å². The van der Waals surface area contributed by atoms with Crippen molar-refractivity contribution in [2.75, 3.05) is 26.2 Å². The fourth-order valence-corrected chi connectivity index (χ4v) is 4.70. The number of esters is 2. The third-order valence-electron chi connectivity index (χ3n) is 6.32. The standard InChI is InChI=1S/C26H23NO8/c1-31-15-11-9-14(10-12-15)27-21(23(24(27)28)34-16-7-5-4-6-8-16)17-13-18-19(25(29)32-2)20(22(17)35-18)26(30)33-3/h4-13,18,21-23H,1-3H3/t18-,21+,22+,23-/m0/s1. The van der Waals surface area contributed by atoms with Gasteiger partial charge in [0.2, 0.25) is 6.10 Å². The van der Waals surface area contributed by atoms with E-state index >= 15 is 0 Å². The van der Waals surface area contributed by atoms with Gasteiger partial charge < -0.3 is 23.7 Å². The van der Waals surface area contributed by atoms with Crippen LogP contribution in [0.1, 0.15) is 0 Å². The van der Waals surface area contributed by atoms with E-state index in [4.69, 9.17) is 23.7 Å². The first kappa shape index (κ1) is 22.7. The number of nitrogens with zero attached hydrogens (tertiary/aromatic N) is 1. The van der Waals surface area contributed by atoms with Gasteiger partial charge in [-0.05, 0) is 48.0 Å². The molecule has 1 fully saturated rings. The van der Waals surface area contributed by atoms with Gasteiger partial charge >= 0.3 is 11.9 Å². The monoisotopic (exact) mass is 477 g/mol. The minimum atomic E-state index is -0.873. The van der Waals surface area contributed by atoms with E-state index in [-0.39, 0.29) is 17.1 Å². The maximum absolute atomic E-state index is 13.3. The summed E-state index contributed by atoms with van der Waals surface area (Å²) in [6.07, 6.45) is -0.767. The molecule has 0 saturated carbocycles. The molecule has 9 nitrogen and oxygen atoms in total. The summed E-state index contributed by atoms with van der Waals surface area (Å²) in [5.74, 6) is -0.414. The molecule has 2 aromatic carbocycles. The van der Waals surface area contributed by atoms with Crippen LogP contribution in [0.25, 0.3) is 0 Å². The summed E-state index contributed by atoms with van der Waals surface area (Å²) in [4.78, 5) is 39.9. The largest absolute Gasteiger partial charge is 0.497 e. The molecular formula is C26H23NO8. The molecule has 3 aliphatic rings. The Morgan fingerprint density at radius 3 is 2.14 bits per heavy atom. The van der Waals surface area contributed by atoms with Gasteiger partial charge in [0.1, 0.15) is 29.7 Å². The molecule has 0 aliphatic carbocycles. The van der Waals surface area contributed by atoms with Gasteiger partial charge in [-0.2, -0.15) is 0 Å². The maximum Gasteiger partial charge on any atom is 0.337 e. The van der Waals surface area contributed by atoms with Gasteiger partial charge in [-0.25, -0.2) is 9.59 Å². The minimum absolute atomic E-state index is 0.0781. The molecule has 3 heterocycles. The van der Waals surface area contributed by atoms with Crippen molar-refractivity contribution in [3.05, 3.63) is 77.4 Å².